The maximum Gasteiger partial charge on any atom is 0.239 e. The Labute approximate surface area is 172 Å². The van der Waals surface area contributed by atoms with E-state index in [1.165, 1.54) is 0 Å². The minimum atomic E-state index is -0.149. The molecule has 0 bridgehead atoms. The zero-order valence-electron chi connectivity index (χ0n) is 15.7. The van der Waals surface area contributed by atoms with E-state index in [1.807, 2.05) is 49.4 Å². The molecule has 4 aromatic rings. The van der Waals surface area contributed by atoms with Crippen molar-refractivity contribution in [1.29, 1.82) is 0 Å². The molecule has 29 heavy (non-hydrogen) atoms. The summed E-state index contributed by atoms with van der Waals surface area (Å²) in [6.45, 7) is 2.46. The van der Waals surface area contributed by atoms with Crippen LogP contribution < -0.4 is 10.6 Å². The predicted molar refractivity (Wildman–Crippen MR) is 114 cm³/mol. The van der Waals surface area contributed by atoms with Crippen molar-refractivity contribution in [2.45, 2.75) is 13.5 Å². The molecule has 0 spiro atoms. The van der Waals surface area contributed by atoms with Crippen LogP contribution in [-0.4, -0.2) is 32.6 Å². The Kier molecular flexibility index (Phi) is 5.39. The minimum Gasteiger partial charge on any atom is -0.360 e. The summed E-state index contributed by atoms with van der Waals surface area (Å²) in [5, 5.41) is 14.4. The van der Waals surface area contributed by atoms with E-state index in [1.54, 1.807) is 12.4 Å². The number of nitrogens with zero attached hydrogens (tertiary/aromatic N) is 3. The van der Waals surface area contributed by atoms with E-state index >= 15 is 0 Å². The molecule has 1 amide bonds. The Morgan fingerprint density at radius 3 is 2.79 bits per heavy atom. The summed E-state index contributed by atoms with van der Waals surface area (Å²) >= 11 is 6.49. The Morgan fingerprint density at radius 2 is 2.00 bits per heavy atom. The molecule has 0 unspecified atom stereocenters. The maximum atomic E-state index is 12.1. The molecule has 0 saturated carbocycles. The second-order valence-electron chi connectivity index (χ2n) is 6.58. The van der Waals surface area contributed by atoms with Gasteiger partial charge in [0, 0.05) is 35.6 Å². The highest BCUT2D eigenvalue weighted by Gasteiger charge is 2.15. The third-order valence-electron chi connectivity index (χ3n) is 4.47. The number of aromatic nitrogens is 4. The Bertz CT molecular complexity index is 1160. The van der Waals surface area contributed by atoms with Crippen molar-refractivity contribution in [1.82, 2.24) is 25.5 Å². The van der Waals surface area contributed by atoms with Gasteiger partial charge < -0.3 is 10.6 Å². The van der Waals surface area contributed by atoms with Crippen LogP contribution in [0.25, 0.3) is 22.2 Å². The van der Waals surface area contributed by atoms with Gasteiger partial charge in [0.2, 0.25) is 5.91 Å². The molecule has 0 atom stereocenters. The molecular weight excluding hydrogens is 388 g/mol. The molecule has 7 nitrogen and oxygen atoms in total. The van der Waals surface area contributed by atoms with Crippen molar-refractivity contribution < 1.29 is 4.79 Å². The van der Waals surface area contributed by atoms with Crippen LogP contribution in [0.1, 0.15) is 11.3 Å². The first-order valence-corrected chi connectivity index (χ1v) is 9.49. The average molecular weight is 407 g/mol. The molecule has 0 aliphatic heterocycles. The summed E-state index contributed by atoms with van der Waals surface area (Å²) in [7, 11) is 0. The van der Waals surface area contributed by atoms with Crippen LogP contribution in [0.4, 0.5) is 5.82 Å². The van der Waals surface area contributed by atoms with E-state index in [0.717, 1.165) is 27.9 Å². The van der Waals surface area contributed by atoms with Crippen molar-refractivity contribution in [3.63, 3.8) is 0 Å². The standard InChI is InChI=1S/C21H19ClN6O/c1-13-9-15(7-8-23-13)19-16-11-25-21(18(22)20(16)28-27-19)26-12-17(29)24-10-14-5-3-2-4-6-14/h2-9,11H,10,12H2,1H3,(H,24,29)(H,25,26)(H,27,28). The van der Waals surface area contributed by atoms with E-state index in [2.05, 4.69) is 30.8 Å². The van der Waals surface area contributed by atoms with Crippen LogP contribution in [0.15, 0.2) is 54.9 Å². The van der Waals surface area contributed by atoms with E-state index in [9.17, 15) is 4.79 Å². The Hall–Kier alpha value is -3.45. The van der Waals surface area contributed by atoms with Crippen molar-refractivity contribution in [2.75, 3.05) is 11.9 Å². The number of carbonyl (C=O) groups excluding carboxylic acids is 1. The molecule has 0 radical (unpaired) electrons. The van der Waals surface area contributed by atoms with Crippen molar-refractivity contribution >= 4 is 34.2 Å². The summed E-state index contributed by atoms with van der Waals surface area (Å²) in [5.41, 5.74) is 4.29. The van der Waals surface area contributed by atoms with Crippen LogP contribution in [0.2, 0.25) is 5.02 Å². The van der Waals surface area contributed by atoms with Gasteiger partial charge in [0.25, 0.3) is 0 Å². The third kappa shape index (κ3) is 4.20. The first-order chi connectivity index (χ1) is 14.1. The fourth-order valence-electron chi connectivity index (χ4n) is 3.01. The lowest BCUT2D eigenvalue weighted by molar-refractivity contribution is -0.119. The molecule has 146 valence electrons. The lowest BCUT2D eigenvalue weighted by Crippen LogP contribution is -2.29. The molecule has 3 aromatic heterocycles. The number of aromatic amines is 1. The summed E-state index contributed by atoms with van der Waals surface area (Å²) < 4.78 is 0. The first-order valence-electron chi connectivity index (χ1n) is 9.12. The van der Waals surface area contributed by atoms with Crippen LogP contribution in [-0.2, 0) is 11.3 Å². The number of halogens is 1. The Morgan fingerprint density at radius 1 is 1.17 bits per heavy atom. The Balaban J connectivity index is 1.46. The molecule has 0 fully saturated rings. The SMILES string of the molecule is Cc1cc(-c2n[nH]c3c(Cl)c(NCC(=O)NCc4ccccc4)ncc23)ccn1. The van der Waals surface area contributed by atoms with E-state index < -0.39 is 0 Å². The van der Waals surface area contributed by atoms with Gasteiger partial charge in [-0.1, -0.05) is 41.9 Å². The maximum absolute atomic E-state index is 12.1. The number of anilines is 1. The van der Waals surface area contributed by atoms with E-state index in [-0.39, 0.29) is 12.5 Å². The number of amides is 1. The molecule has 3 heterocycles. The molecule has 3 N–H and O–H groups in total. The molecule has 0 aliphatic carbocycles. The number of benzene rings is 1. The zero-order chi connectivity index (χ0) is 20.2. The monoisotopic (exact) mass is 406 g/mol. The lowest BCUT2D eigenvalue weighted by atomic mass is 10.1. The number of pyridine rings is 2. The van der Waals surface area contributed by atoms with E-state index in [0.29, 0.717) is 22.9 Å². The van der Waals surface area contributed by atoms with Gasteiger partial charge in [-0.15, -0.1) is 0 Å². The highest BCUT2D eigenvalue weighted by atomic mass is 35.5. The number of aryl methyl sites for hydroxylation is 1. The fraction of sp³-hybridized carbons (Fsp3) is 0.143. The van der Waals surface area contributed by atoms with Crippen molar-refractivity contribution in [3.05, 3.63) is 71.1 Å². The van der Waals surface area contributed by atoms with Crippen LogP contribution in [0.3, 0.4) is 0 Å². The third-order valence-corrected chi connectivity index (χ3v) is 4.84. The van der Waals surface area contributed by atoms with Crippen molar-refractivity contribution in [2.24, 2.45) is 0 Å². The van der Waals surface area contributed by atoms with Gasteiger partial charge in [-0.2, -0.15) is 5.10 Å². The quantitative estimate of drug-likeness (QED) is 0.453. The topological polar surface area (TPSA) is 95.6 Å². The van der Waals surface area contributed by atoms with Crippen LogP contribution in [0.5, 0.6) is 0 Å². The normalized spacial score (nSPS) is 10.8. The summed E-state index contributed by atoms with van der Waals surface area (Å²) in [4.78, 5) is 20.7. The number of hydrogen-bond acceptors (Lipinski definition) is 5. The zero-order valence-corrected chi connectivity index (χ0v) is 16.5. The van der Waals surface area contributed by atoms with Gasteiger partial charge in [0.05, 0.1) is 12.1 Å². The average Bonchev–Trinajstić information content (AvgIpc) is 3.17. The van der Waals surface area contributed by atoms with E-state index in [4.69, 9.17) is 11.6 Å². The minimum absolute atomic E-state index is 0.0651. The van der Waals surface area contributed by atoms with Crippen LogP contribution in [0, 0.1) is 6.92 Å². The number of nitrogens with one attached hydrogen (secondary N) is 3. The smallest absolute Gasteiger partial charge is 0.239 e. The molecule has 0 saturated heterocycles. The van der Waals surface area contributed by atoms with Crippen molar-refractivity contribution in [3.8, 4) is 11.3 Å². The summed E-state index contributed by atoms with van der Waals surface area (Å²) in [5.74, 6) is 0.277. The lowest BCUT2D eigenvalue weighted by Gasteiger charge is -2.09. The second kappa shape index (κ2) is 8.28. The van der Waals surface area contributed by atoms with Crippen LogP contribution >= 0.6 is 11.6 Å². The molecule has 4 rings (SSSR count). The number of hydrogen-bond donors (Lipinski definition) is 3. The number of rotatable bonds is 6. The first kappa shape index (κ1) is 18.9. The summed E-state index contributed by atoms with van der Waals surface area (Å²) in [6, 6.07) is 13.6. The second-order valence-corrected chi connectivity index (χ2v) is 6.96. The van der Waals surface area contributed by atoms with Gasteiger partial charge in [0.1, 0.15) is 16.5 Å². The number of H-pyrrole nitrogens is 1. The summed E-state index contributed by atoms with van der Waals surface area (Å²) in [6.07, 6.45) is 3.43. The highest BCUT2D eigenvalue weighted by molar-refractivity contribution is 6.37. The molecule has 8 heteroatoms. The molecule has 1 aromatic carbocycles. The van der Waals surface area contributed by atoms with Gasteiger partial charge in [0.15, 0.2) is 0 Å². The highest BCUT2D eigenvalue weighted by Crippen LogP contribution is 2.33. The van der Waals surface area contributed by atoms with Gasteiger partial charge >= 0.3 is 0 Å². The molecule has 0 aliphatic rings. The van der Waals surface area contributed by atoms with Gasteiger partial charge in [-0.3, -0.25) is 14.9 Å². The number of fused-ring (bicyclic) bond motifs is 1. The van der Waals surface area contributed by atoms with Gasteiger partial charge in [-0.05, 0) is 24.6 Å². The fourth-order valence-corrected chi connectivity index (χ4v) is 3.27. The largest absolute Gasteiger partial charge is 0.360 e. The number of carbonyl (C=O) groups is 1. The van der Waals surface area contributed by atoms with Gasteiger partial charge in [-0.25, -0.2) is 4.98 Å². The predicted octanol–water partition coefficient (Wildman–Crippen LogP) is 3.71. The molecular formula is C21H19ClN6O.